The summed E-state index contributed by atoms with van der Waals surface area (Å²) in [5, 5.41) is 8.63. The van der Waals surface area contributed by atoms with Gasteiger partial charge >= 0.3 is 7.60 Å². The number of likely N-dealkylation sites (N-methyl/N-ethyl adjacent to an activating group) is 1. The van der Waals surface area contributed by atoms with Crippen molar-refractivity contribution in [2.75, 3.05) is 27.7 Å². The minimum Gasteiger partial charge on any atom is -0.373 e. The fourth-order valence-electron chi connectivity index (χ4n) is 4.14. The molecule has 0 rings (SSSR count). The van der Waals surface area contributed by atoms with E-state index in [1.807, 2.05) is 21.1 Å². The summed E-state index contributed by atoms with van der Waals surface area (Å²) in [4.78, 5) is 19.2. The van der Waals surface area contributed by atoms with Gasteiger partial charge in [0.15, 0.2) is 0 Å². The Kier molecular flexibility index (Phi) is 18.6. The Labute approximate surface area is 205 Å². The summed E-state index contributed by atoms with van der Waals surface area (Å²) in [6, 6.07) is 0. The molecular formula is C27H55NO4P+. The molecule has 0 spiro atoms. The van der Waals surface area contributed by atoms with Gasteiger partial charge in [-0.25, -0.2) is 0 Å². The molecule has 0 amide bonds. The molecule has 0 radical (unpaired) electrons. The highest BCUT2D eigenvalue weighted by Gasteiger charge is 2.48. The number of quaternary nitrogens is 1. The van der Waals surface area contributed by atoms with Gasteiger partial charge < -0.3 is 19.4 Å². The van der Waals surface area contributed by atoms with Crippen LogP contribution in [0.4, 0.5) is 0 Å². The van der Waals surface area contributed by atoms with E-state index in [0.29, 0.717) is 10.9 Å². The van der Waals surface area contributed by atoms with Crippen LogP contribution in [0.3, 0.4) is 0 Å². The number of hydrogen-bond acceptors (Lipinski definition) is 2. The second-order valence-electron chi connectivity index (χ2n) is 10.7. The number of unbranched alkanes of at least 4 members (excludes halogenated alkanes) is 13. The smallest absolute Gasteiger partial charge is 0.362 e. The summed E-state index contributed by atoms with van der Waals surface area (Å²) in [6.07, 6.45) is 28.4. The van der Waals surface area contributed by atoms with E-state index in [0.717, 1.165) is 32.1 Å². The molecule has 0 saturated heterocycles. The van der Waals surface area contributed by atoms with Crippen molar-refractivity contribution in [3.63, 3.8) is 0 Å². The van der Waals surface area contributed by atoms with Gasteiger partial charge in [0.25, 0.3) is 0 Å². The number of rotatable bonds is 22. The van der Waals surface area contributed by atoms with Crippen LogP contribution in [0.5, 0.6) is 0 Å². The normalized spacial score (nSPS) is 15.0. The molecule has 0 aliphatic carbocycles. The van der Waals surface area contributed by atoms with E-state index in [9.17, 15) is 19.5 Å². The van der Waals surface area contributed by atoms with Gasteiger partial charge in [-0.15, -0.1) is 0 Å². The van der Waals surface area contributed by atoms with Crippen LogP contribution in [0.2, 0.25) is 0 Å². The van der Waals surface area contributed by atoms with Crippen molar-refractivity contribution in [3.05, 3.63) is 24.3 Å². The molecule has 3 N–H and O–H groups in total. The highest BCUT2D eigenvalue weighted by Crippen LogP contribution is 2.52. The molecule has 0 aliphatic heterocycles. The van der Waals surface area contributed by atoms with Gasteiger partial charge in [-0.1, -0.05) is 76.2 Å². The summed E-state index contributed by atoms with van der Waals surface area (Å²) >= 11 is 0. The average molecular weight is 489 g/mol. The molecule has 6 heteroatoms. The Morgan fingerprint density at radius 3 is 1.42 bits per heavy atom. The summed E-state index contributed by atoms with van der Waals surface area (Å²) < 4.78 is 12.1. The van der Waals surface area contributed by atoms with Crippen molar-refractivity contribution in [1.82, 2.24) is 0 Å². The van der Waals surface area contributed by atoms with Crippen LogP contribution in [0.1, 0.15) is 116 Å². The van der Waals surface area contributed by atoms with Gasteiger partial charge in [0.2, 0.25) is 5.34 Å². The molecule has 1 atom stereocenters. The molecule has 0 bridgehead atoms. The van der Waals surface area contributed by atoms with E-state index < -0.39 is 12.9 Å². The maximum atomic E-state index is 11.8. The van der Waals surface area contributed by atoms with Crippen molar-refractivity contribution in [3.8, 4) is 0 Å². The molecule has 0 aromatic carbocycles. The molecule has 33 heavy (non-hydrogen) atoms. The first-order valence-corrected chi connectivity index (χ1v) is 15.0. The fraction of sp³-hybridized carbons (Fsp3) is 0.852. The van der Waals surface area contributed by atoms with Crippen molar-refractivity contribution in [2.24, 2.45) is 0 Å². The first kappa shape index (κ1) is 32.5. The maximum absolute atomic E-state index is 11.8. The Morgan fingerprint density at radius 2 is 1.03 bits per heavy atom. The minimum absolute atomic E-state index is 0.0535. The molecule has 0 aromatic heterocycles. The zero-order valence-electron chi connectivity index (χ0n) is 22.2. The van der Waals surface area contributed by atoms with Crippen molar-refractivity contribution in [1.29, 1.82) is 0 Å². The average Bonchev–Trinajstić information content (AvgIpc) is 2.70. The van der Waals surface area contributed by atoms with E-state index >= 15 is 0 Å². The Morgan fingerprint density at radius 1 is 0.667 bits per heavy atom. The number of nitrogens with zero attached hydrogens (tertiary/aromatic N) is 1. The lowest BCUT2D eigenvalue weighted by Crippen LogP contribution is -2.49. The van der Waals surface area contributed by atoms with E-state index in [4.69, 9.17) is 0 Å². The summed E-state index contributed by atoms with van der Waals surface area (Å²) in [5.41, 5.74) is 0. The van der Waals surface area contributed by atoms with Gasteiger partial charge in [0.05, 0.1) is 21.1 Å². The van der Waals surface area contributed by atoms with E-state index in [-0.39, 0.29) is 13.0 Å². The van der Waals surface area contributed by atoms with E-state index in [2.05, 4.69) is 31.2 Å². The van der Waals surface area contributed by atoms with Crippen LogP contribution in [-0.2, 0) is 4.57 Å². The van der Waals surface area contributed by atoms with Crippen molar-refractivity contribution < 1.29 is 23.9 Å². The van der Waals surface area contributed by atoms with Crippen LogP contribution < -0.4 is 0 Å². The van der Waals surface area contributed by atoms with Gasteiger partial charge in [-0.2, -0.15) is 0 Å². The van der Waals surface area contributed by atoms with Crippen molar-refractivity contribution in [2.45, 2.75) is 121 Å². The highest BCUT2D eigenvalue weighted by atomic mass is 31.2. The zero-order valence-corrected chi connectivity index (χ0v) is 23.1. The quantitative estimate of drug-likeness (QED) is 0.0645. The van der Waals surface area contributed by atoms with Crippen LogP contribution in [0.25, 0.3) is 0 Å². The maximum Gasteiger partial charge on any atom is 0.362 e. The second kappa shape index (κ2) is 18.8. The number of aliphatic hydroxyl groups is 1. The van der Waals surface area contributed by atoms with E-state index in [1.54, 1.807) is 0 Å². The third-order valence-corrected chi connectivity index (χ3v) is 7.47. The molecule has 0 fully saturated rings. The first-order chi connectivity index (χ1) is 15.5. The van der Waals surface area contributed by atoms with Gasteiger partial charge in [0.1, 0.15) is 6.54 Å². The van der Waals surface area contributed by atoms with Crippen LogP contribution in [0.15, 0.2) is 24.3 Å². The van der Waals surface area contributed by atoms with Crippen LogP contribution in [0, 0.1) is 0 Å². The molecule has 196 valence electrons. The molecule has 1 unspecified atom stereocenters. The van der Waals surface area contributed by atoms with E-state index in [1.165, 1.54) is 64.2 Å². The number of allylic oxidation sites excluding steroid dienone is 4. The Balaban J connectivity index is 3.64. The lowest BCUT2D eigenvalue weighted by Gasteiger charge is -2.35. The van der Waals surface area contributed by atoms with Crippen molar-refractivity contribution >= 4 is 7.60 Å². The molecule has 0 heterocycles. The largest absolute Gasteiger partial charge is 0.373 e. The first-order valence-electron chi connectivity index (χ1n) is 13.4. The molecule has 0 aliphatic rings. The summed E-state index contributed by atoms with van der Waals surface area (Å²) in [6.45, 7) is 2.31. The summed E-state index contributed by atoms with van der Waals surface area (Å²) in [5.74, 6) is 0. The third kappa shape index (κ3) is 19.5. The predicted molar refractivity (Wildman–Crippen MR) is 142 cm³/mol. The molecule has 0 aromatic rings. The Hall–Kier alpha value is -0.450. The number of hydrogen-bond donors (Lipinski definition) is 3. The monoisotopic (exact) mass is 488 g/mol. The predicted octanol–water partition coefficient (Wildman–Crippen LogP) is 7.32. The highest BCUT2D eigenvalue weighted by molar-refractivity contribution is 7.53. The second-order valence-corrected chi connectivity index (χ2v) is 12.6. The van der Waals surface area contributed by atoms with Crippen LogP contribution in [-0.4, -0.2) is 52.4 Å². The zero-order chi connectivity index (χ0) is 25.1. The van der Waals surface area contributed by atoms with Crippen LogP contribution >= 0.6 is 7.60 Å². The topological polar surface area (TPSA) is 77.8 Å². The fourth-order valence-corrected chi connectivity index (χ4v) is 5.20. The lowest BCUT2D eigenvalue weighted by molar-refractivity contribution is -0.875. The van der Waals surface area contributed by atoms with Gasteiger partial charge in [0, 0.05) is 0 Å². The van der Waals surface area contributed by atoms with Gasteiger partial charge in [-0.3, -0.25) is 4.57 Å². The summed E-state index contributed by atoms with van der Waals surface area (Å²) in [7, 11) is 0.957. The molecular weight excluding hydrogens is 433 g/mol. The Bertz CT molecular complexity index is 565. The standard InChI is InChI=1S/C27H54NO4P/c1-5-6-7-8-9-10-11-12-13-14-15-16-17-18-19-20-21-22-23-24-25-27(29,33(30,31)32)26-28(2,3)4/h10-11,17-18,29H,5-9,12-16,19-26H2,1-4H3,(H-,30,31,32)/p+1/b11-10-,18-17-. The molecule has 5 nitrogen and oxygen atoms in total. The van der Waals surface area contributed by atoms with Gasteiger partial charge in [-0.05, 0) is 64.2 Å². The molecule has 0 saturated carbocycles. The minimum atomic E-state index is -4.55. The third-order valence-electron chi connectivity index (χ3n) is 6.02. The SMILES string of the molecule is CCCCCC/C=C\CCCCC/C=C\CCCCCCCC(O)(C[N+](C)(C)C)P(=O)(O)O. The lowest BCUT2D eigenvalue weighted by atomic mass is 10.1.